The van der Waals surface area contributed by atoms with E-state index in [0.29, 0.717) is 0 Å². The standard InChI is InChI=1S/2C14H15O4P.Ca/c2*1-11-3-7-13(8-4-11)17-19(15,16)18-14-9-5-12(2)6-10-14;/h2*3-10H,1-2H3,(H,15,16);/q;;+2/p-2. The molecule has 0 bridgehead atoms. The van der Waals surface area contributed by atoms with Crippen LogP contribution in [0.1, 0.15) is 22.3 Å². The van der Waals surface area contributed by atoms with Crippen LogP contribution in [-0.4, -0.2) is 37.7 Å². The van der Waals surface area contributed by atoms with Gasteiger partial charge in [-0.15, -0.1) is 0 Å². The van der Waals surface area contributed by atoms with Gasteiger partial charge in [0, 0.05) is 0 Å². The van der Waals surface area contributed by atoms with Crippen LogP contribution in [0.5, 0.6) is 23.0 Å². The average molecular weight is 595 g/mol. The first kappa shape index (κ1) is 32.9. The van der Waals surface area contributed by atoms with Gasteiger partial charge in [0.1, 0.15) is 23.0 Å². The molecule has 0 aliphatic heterocycles. The first-order valence-electron chi connectivity index (χ1n) is 11.6. The van der Waals surface area contributed by atoms with Crippen molar-refractivity contribution in [2.75, 3.05) is 0 Å². The molecule has 0 N–H and O–H groups in total. The molecule has 4 aromatic rings. The Kier molecular flexibility index (Phi) is 12.6. The van der Waals surface area contributed by atoms with Crippen molar-refractivity contribution in [3.63, 3.8) is 0 Å². The summed E-state index contributed by atoms with van der Waals surface area (Å²) in [5, 5.41) is 0. The maximum absolute atomic E-state index is 11.7. The SMILES string of the molecule is Cc1ccc(OP(=O)([O-])Oc2ccc(C)cc2)cc1.Cc1ccc(OP(=O)([O-])Oc2ccc(C)cc2)cc1.[Ca+2]. The van der Waals surface area contributed by atoms with Gasteiger partial charge in [0.05, 0.1) is 0 Å². The molecule has 11 heteroatoms. The smallest absolute Gasteiger partial charge is 0.736 e. The topological polar surface area (TPSA) is 117 Å². The van der Waals surface area contributed by atoms with E-state index in [9.17, 15) is 18.9 Å². The minimum Gasteiger partial charge on any atom is -0.736 e. The number of phosphoric acid groups is 2. The normalized spacial score (nSPS) is 10.8. The Balaban J connectivity index is 0.000000267. The molecule has 8 nitrogen and oxygen atoms in total. The third kappa shape index (κ3) is 12.2. The molecule has 0 saturated carbocycles. The predicted octanol–water partition coefficient (Wildman–Crippen LogP) is 6.08. The number of hydrogen-bond acceptors (Lipinski definition) is 8. The van der Waals surface area contributed by atoms with Gasteiger partial charge in [-0.3, -0.25) is 0 Å². The van der Waals surface area contributed by atoms with E-state index in [0.717, 1.165) is 22.3 Å². The van der Waals surface area contributed by atoms with Crippen LogP contribution in [0.4, 0.5) is 0 Å². The molecular weight excluding hydrogens is 566 g/mol. The Bertz CT molecular complexity index is 1190. The molecule has 39 heavy (non-hydrogen) atoms. The monoisotopic (exact) mass is 594 g/mol. The van der Waals surface area contributed by atoms with Gasteiger partial charge in [0.25, 0.3) is 0 Å². The zero-order chi connectivity index (χ0) is 27.8. The van der Waals surface area contributed by atoms with E-state index < -0.39 is 15.6 Å². The van der Waals surface area contributed by atoms with Crippen LogP contribution in [-0.2, 0) is 9.13 Å². The van der Waals surface area contributed by atoms with Crippen LogP contribution < -0.4 is 27.9 Å². The third-order valence-electron chi connectivity index (χ3n) is 4.95. The number of benzene rings is 4. The van der Waals surface area contributed by atoms with Gasteiger partial charge in [-0.05, 0) is 76.2 Å². The molecule has 0 heterocycles. The molecule has 0 spiro atoms. The maximum Gasteiger partial charge on any atom is 2.00 e. The van der Waals surface area contributed by atoms with Crippen molar-refractivity contribution in [3.8, 4) is 23.0 Å². The fourth-order valence-electron chi connectivity index (χ4n) is 2.95. The summed E-state index contributed by atoms with van der Waals surface area (Å²) in [6.45, 7) is 7.62. The molecule has 4 rings (SSSR count). The van der Waals surface area contributed by atoms with Gasteiger partial charge in [0.15, 0.2) is 0 Å². The van der Waals surface area contributed by atoms with Crippen molar-refractivity contribution in [1.82, 2.24) is 0 Å². The molecule has 0 unspecified atom stereocenters. The van der Waals surface area contributed by atoms with Gasteiger partial charge < -0.3 is 27.9 Å². The van der Waals surface area contributed by atoms with E-state index in [1.54, 1.807) is 97.1 Å². The van der Waals surface area contributed by atoms with Gasteiger partial charge in [-0.2, -0.15) is 0 Å². The zero-order valence-electron chi connectivity index (χ0n) is 22.1. The number of rotatable bonds is 8. The molecule has 0 atom stereocenters. The summed E-state index contributed by atoms with van der Waals surface area (Å²) in [6.07, 6.45) is 0. The summed E-state index contributed by atoms with van der Waals surface area (Å²) in [7, 11) is -8.83. The molecule has 4 aromatic carbocycles. The van der Waals surface area contributed by atoms with Crippen molar-refractivity contribution in [2.45, 2.75) is 27.7 Å². The number of phosphoric ester groups is 2. The summed E-state index contributed by atoms with van der Waals surface area (Å²) in [4.78, 5) is 23.4. The van der Waals surface area contributed by atoms with E-state index >= 15 is 0 Å². The van der Waals surface area contributed by atoms with Crippen LogP contribution in [0, 0.1) is 27.7 Å². The fraction of sp³-hybridized carbons (Fsp3) is 0.143. The molecule has 0 aromatic heterocycles. The zero-order valence-corrected chi connectivity index (χ0v) is 26.1. The molecular formula is C28H28CaO8P2. The van der Waals surface area contributed by atoms with Crippen molar-refractivity contribution in [2.24, 2.45) is 0 Å². The second-order valence-corrected chi connectivity index (χ2v) is 11.0. The van der Waals surface area contributed by atoms with Crippen molar-refractivity contribution < 1.29 is 37.0 Å². The summed E-state index contributed by atoms with van der Waals surface area (Å²) in [5.41, 5.74) is 4.08. The summed E-state index contributed by atoms with van der Waals surface area (Å²) in [6, 6.07) is 26.8. The van der Waals surface area contributed by atoms with Gasteiger partial charge in [0.2, 0.25) is 0 Å². The molecule has 0 aliphatic rings. The predicted molar refractivity (Wildman–Crippen MR) is 148 cm³/mol. The quantitative estimate of drug-likeness (QED) is 0.178. The van der Waals surface area contributed by atoms with E-state index in [2.05, 4.69) is 0 Å². The van der Waals surface area contributed by atoms with Gasteiger partial charge >= 0.3 is 53.4 Å². The number of aryl methyl sites for hydroxylation is 4. The van der Waals surface area contributed by atoms with E-state index in [4.69, 9.17) is 18.1 Å². The Hall–Kier alpha value is -2.28. The summed E-state index contributed by atoms with van der Waals surface area (Å²) in [5.74, 6) is 0.930. The Morgan fingerprint density at radius 1 is 0.410 bits per heavy atom. The van der Waals surface area contributed by atoms with Crippen LogP contribution in [0.15, 0.2) is 97.1 Å². The van der Waals surface area contributed by atoms with Crippen LogP contribution in [0.2, 0.25) is 0 Å². The molecule has 0 aliphatic carbocycles. The molecule has 0 fully saturated rings. The fourth-order valence-corrected chi connectivity index (χ4v) is 4.54. The van der Waals surface area contributed by atoms with E-state index in [1.165, 1.54) is 0 Å². The first-order valence-corrected chi connectivity index (χ1v) is 14.5. The molecule has 0 radical (unpaired) electrons. The average Bonchev–Trinajstić information content (AvgIpc) is 2.85. The third-order valence-corrected chi connectivity index (χ3v) is 6.69. The summed E-state index contributed by atoms with van der Waals surface area (Å²) < 4.78 is 42.9. The summed E-state index contributed by atoms with van der Waals surface area (Å²) >= 11 is 0. The van der Waals surface area contributed by atoms with Gasteiger partial charge in [-0.1, -0.05) is 70.8 Å². The second kappa shape index (κ2) is 14.9. The van der Waals surface area contributed by atoms with Gasteiger partial charge in [-0.25, -0.2) is 9.13 Å². The van der Waals surface area contributed by atoms with Crippen LogP contribution in [0.25, 0.3) is 0 Å². The van der Waals surface area contributed by atoms with Crippen molar-refractivity contribution >= 4 is 53.4 Å². The number of hydrogen-bond donors (Lipinski definition) is 0. The Morgan fingerprint density at radius 2 is 0.564 bits per heavy atom. The molecule has 0 amide bonds. The molecule has 200 valence electrons. The second-order valence-electron chi connectivity index (χ2n) is 8.51. The molecule has 0 saturated heterocycles. The van der Waals surface area contributed by atoms with Crippen molar-refractivity contribution in [3.05, 3.63) is 119 Å². The Morgan fingerprint density at radius 3 is 0.718 bits per heavy atom. The minimum atomic E-state index is -4.42. The first-order chi connectivity index (χ1) is 17.9. The van der Waals surface area contributed by atoms with Crippen LogP contribution in [0.3, 0.4) is 0 Å². The van der Waals surface area contributed by atoms with Crippen LogP contribution >= 0.6 is 15.6 Å². The van der Waals surface area contributed by atoms with E-state index in [1.807, 2.05) is 27.7 Å². The van der Waals surface area contributed by atoms with Crippen molar-refractivity contribution in [1.29, 1.82) is 0 Å². The Labute approximate surface area is 258 Å². The maximum atomic E-state index is 11.7. The minimum absolute atomic E-state index is 0. The van der Waals surface area contributed by atoms with E-state index in [-0.39, 0.29) is 60.7 Å². The largest absolute Gasteiger partial charge is 2.00 e.